The van der Waals surface area contributed by atoms with Crippen LogP contribution in [0.3, 0.4) is 0 Å². The summed E-state index contributed by atoms with van der Waals surface area (Å²) in [6.45, 7) is -0.506. The molecule has 12 heavy (non-hydrogen) atoms. The standard InChI is InChI=1S/C7H7BN2O2/c1-10-6-2-3-8(7(11)12)5(6)4-9-10/h2-4H,1H3,(H,11,12). The van der Waals surface area contributed by atoms with Crippen LogP contribution in [-0.4, -0.2) is 27.5 Å². The Morgan fingerprint density at radius 2 is 2.50 bits per heavy atom. The number of fused-ring (bicyclic) bond motifs is 1. The molecule has 0 radical (unpaired) electrons. The molecule has 1 aliphatic rings. The van der Waals surface area contributed by atoms with Crippen LogP contribution in [0.5, 0.6) is 0 Å². The van der Waals surface area contributed by atoms with E-state index in [4.69, 9.17) is 5.11 Å². The second-order valence-corrected chi connectivity index (χ2v) is 2.78. The molecule has 1 N–H and O–H groups in total. The van der Waals surface area contributed by atoms with Gasteiger partial charge in [-0.2, -0.15) is 5.10 Å². The van der Waals surface area contributed by atoms with E-state index in [2.05, 4.69) is 5.10 Å². The number of aryl methyl sites for hydroxylation is 1. The van der Waals surface area contributed by atoms with Crippen molar-refractivity contribution in [2.45, 2.75) is 0 Å². The smallest absolute Gasteiger partial charge is 0.339 e. The van der Waals surface area contributed by atoms with Crippen molar-refractivity contribution < 1.29 is 9.90 Å². The maximum absolute atomic E-state index is 10.7. The van der Waals surface area contributed by atoms with Crippen LogP contribution >= 0.6 is 0 Å². The van der Waals surface area contributed by atoms with Gasteiger partial charge in [-0.1, -0.05) is 5.98 Å². The van der Waals surface area contributed by atoms with Crippen LogP contribution < -0.4 is 5.46 Å². The van der Waals surface area contributed by atoms with Crippen LogP contribution in [-0.2, 0) is 7.05 Å². The molecular weight excluding hydrogens is 155 g/mol. The summed E-state index contributed by atoms with van der Waals surface area (Å²) in [5, 5.41) is 12.8. The monoisotopic (exact) mass is 162 g/mol. The Hall–Kier alpha value is -1.52. The third kappa shape index (κ3) is 0.793. The molecule has 0 saturated heterocycles. The molecule has 1 aromatic heterocycles. The van der Waals surface area contributed by atoms with Gasteiger partial charge in [0.25, 0.3) is 5.87 Å². The lowest BCUT2D eigenvalue weighted by molar-refractivity contribution is 0.219. The van der Waals surface area contributed by atoms with Crippen LogP contribution in [0.2, 0.25) is 0 Å². The molecule has 2 heterocycles. The summed E-state index contributed by atoms with van der Waals surface area (Å²) in [6, 6.07) is 0. The van der Waals surface area contributed by atoms with Gasteiger partial charge in [-0.05, 0) is 11.5 Å². The molecule has 0 aromatic carbocycles. The van der Waals surface area contributed by atoms with E-state index in [0.717, 1.165) is 11.2 Å². The Bertz CT molecular complexity index is 369. The van der Waals surface area contributed by atoms with Gasteiger partial charge in [0.15, 0.2) is 0 Å². The van der Waals surface area contributed by atoms with Crippen LogP contribution in [0, 0.1) is 0 Å². The van der Waals surface area contributed by atoms with Gasteiger partial charge in [0.2, 0.25) is 0 Å². The molecule has 0 saturated carbocycles. The van der Waals surface area contributed by atoms with Crippen LogP contribution in [0.25, 0.3) is 6.08 Å². The minimum Gasteiger partial charge on any atom is -0.489 e. The first-order valence-electron chi connectivity index (χ1n) is 3.63. The maximum atomic E-state index is 10.7. The van der Waals surface area contributed by atoms with Crippen molar-refractivity contribution in [3.05, 3.63) is 17.9 Å². The van der Waals surface area contributed by atoms with E-state index >= 15 is 0 Å². The van der Waals surface area contributed by atoms with E-state index in [1.165, 1.54) is 0 Å². The number of carboxylic acid groups (broad SMARTS) is 1. The molecule has 1 aromatic rings. The Kier molecular flexibility index (Phi) is 1.33. The molecule has 2 rings (SSSR count). The van der Waals surface area contributed by atoms with Crippen LogP contribution in [0.15, 0.2) is 12.2 Å². The Morgan fingerprint density at radius 1 is 1.75 bits per heavy atom. The number of hydrogen-bond acceptors (Lipinski definition) is 2. The number of carbonyl (C=O) groups is 1. The predicted molar refractivity (Wildman–Crippen MR) is 45.7 cm³/mol. The summed E-state index contributed by atoms with van der Waals surface area (Å²) in [4.78, 5) is 10.7. The van der Waals surface area contributed by atoms with E-state index in [9.17, 15) is 4.79 Å². The van der Waals surface area contributed by atoms with Crippen molar-refractivity contribution in [2.24, 2.45) is 7.05 Å². The van der Waals surface area contributed by atoms with Crippen molar-refractivity contribution >= 4 is 24.1 Å². The largest absolute Gasteiger partial charge is 0.489 e. The predicted octanol–water partition coefficient (Wildman–Crippen LogP) is -0.0524. The minimum absolute atomic E-state index is 0.506. The highest BCUT2D eigenvalue weighted by Gasteiger charge is 2.31. The van der Waals surface area contributed by atoms with E-state index in [1.54, 1.807) is 30.0 Å². The lowest BCUT2D eigenvalue weighted by atomic mass is 9.47. The average molecular weight is 162 g/mol. The van der Waals surface area contributed by atoms with Crippen molar-refractivity contribution in [1.29, 1.82) is 0 Å². The van der Waals surface area contributed by atoms with E-state index in [-0.39, 0.29) is 0 Å². The van der Waals surface area contributed by atoms with Gasteiger partial charge in [-0.3, -0.25) is 9.48 Å². The second-order valence-electron chi connectivity index (χ2n) is 2.78. The highest BCUT2D eigenvalue weighted by molar-refractivity contribution is 7.03. The van der Waals surface area contributed by atoms with Crippen LogP contribution in [0.1, 0.15) is 5.69 Å². The lowest BCUT2D eigenvalue weighted by Gasteiger charge is -1.94. The highest BCUT2D eigenvalue weighted by atomic mass is 16.4. The fourth-order valence-electron chi connectivity index (χ4n) is 1.41. The Morgan fingerprint density at radius 3 is 3.17 bits per heavy atom. The zero-order valence-corrected chi connectivity index (χ0v) is 6.56. The van der Waals surface area contributed by atoms with E-state index < -0.39 is 12.6 Å². The van der Waals surface area contributed by atoms with Gasteiger partial charge < -0.3 is 5.11 Å². The highest BCUT2D eigenvalue weighted by Crippen LogP contribution is 2.08. The van der Waals surface area contributed by atoms with Gasteiger partial charge in [0, 0.05) is 13.2 Å². The van der Waals surface area contributed by atoms with Gasteiger partial charge in [-0.15, -0.1) is 0 Å². The molecule has 0 atom stereocenters. The molecule has 60 valence electrons. The lowest BCUT2D eigenvalue weighted by Crippen LogP contribution is -2.34. The summed E-state index contributed by atoms with van der Waals surface area (Å²) in [5.41, 5.74) is 1.67. The summed E-state index contributed by atoms with van der Waals surface area (Å²) in [6.07, 6.45) is 3.40. The minimum atomic E-state index is -0.821. The molecule has 0 bridgehead atoms. The quantitative estimate of drug-likeness (QED) is 0.588. The molecule has 0 spiro atoms. The summed E-state index contributed by atoms with van der Waals surface area (Å²) >= 11 is 0. The molecule has 5 heteroatoms. The number of aromatic nitrogens is 2. The third-order valence-electron chi connectivity index (χ3n) is 2.06. The summed E-state index contributed by atoms with van der Waals surface area (Å²) < 4.78 is 1.68. The van der Waals surface area contributed by atoms with Gasteiger partial charge in [-0.25, -0.2) is 0 Å². The molecule has 0 unspecified atom stereocenters. The number of hydrogen-bond donors (Lipinski definition) is 1. The zero-order valence-electron chi connectivity index (χ0n) is 6.56. The Labute approximate surface area is 69.6 Å². The summed E-state index contributed by atoms with van der Waals surface area (Å²) in [5.74, 6) is 0.854. The normalized spacial score (nSPS) is 13.6. The van der Waals surface area contributed by atoms with Crippen molar-refractivity contribution in [2.75, 3.05) is 0 Å². The Balaban J connectivity index is 2.50. The fourth-order valence-corrected chi connectivity index (χ4v) is 1.41. The summed E-state index contributed by atoms with van der Waals surface area (Å²) in [7, 11) is 1.80. The zero-order chi connectivity index (χ0) is 8.72. The number of nitrogens with zero attached hydrogens (tertiary/aromatic N) is 2. The van der Waals surface area contributed by atoms with Gasteiger partial charge in [0.1, 0.15) is 0 Å². The van der Waals surface area contributed by atoms with Crippen molar-refractivity contribution in [3.63, 3.8) is 0 Å². The SMILES string of the molecule is Cn1ncc2c1C=CB2C(=O)O. The van der Waals surface area contributed by atoms with Gasteiger partial charge in [0.05, 0.1) is 5.69 Å². The van der Waals surface area contributed by atoms with Gasteiger partial charge >= 0.3 is 6.71 Å². The first-order chi connectivity index (χ1) is 5.70. The second kappa shape index (κ2) is 2.23. The molecule has 0 aliphatic carbocycles. The molecule has 0 fully saturated rings. The first-order valence-corrected chi connectivity index (χ1v) is 3.63. The van der Waals surface area contributed by atoms with E-state index in [1.807, 2.05) is 0 Å². The third-order valence-corrected chi connectivity index (χ3v) is 2.06. The average Bonchev–Trinajstić information content (AvgIpc) is 2.53. The molecule has 0 amide bonds. The van der Waals surface area contributed by atoms with Crippen molar-refractivity contribution in [3.8, 4) is 0 Å². The molecule has 4 nitrogen and oxygen atoms in total. The topological polar surface area (TPSA) is 55.1 Å². The van der Waals surface area contributed by atoms with Crippen molar-refractivity contribution in [1.82, 2.24) is 9.78 Å². The molecule has 1 aliphatic heterocycles. The van der Waals surface area contributed by atoms with Crippen LogP contribution in [0.4, 0.5) is 4.79 Å². The van der Waals surface area contributed by atoms with E-state index in [0.29, 0.717) is 0 Å². The maximum Gasteiger partial charge on any atom is 0.339 e. The molecular formula is C7H7BN2O2. The number of rotatable bonds is 1. The fraction of sp³-hybridized carbons (Fsp3) is 0.143. The first kappa shape index (κ1) is 7.15.